The van der Waals surface area contributed by atoms with Gasteiger partial charge in [0.1, 0.15) is 5.82 Å². The van der Waals surface area contributed by atoms with E-state index in [9.17, 15) is 22.8 Å². The van der Waals surface area contributed by atoms with Crippen LogP contribution in [-0.2, 0) is 11.0 Å². The Kier molecular flexibility index (Phi) is 7.80. The summed E-state index contributed by atoms with van der Waals surface area (Å²) < 4.78 is 41.5. The lowest BCUT2D eigenvalue weighted by molar-refractivity contribution is -0.141. The van der Waals surface area contributed by atoms with Crippen LogP contribution in [0.4, 0.5) is 24.7 Å². The highest BCUT2D eigenvalue weighted by Crippen LogP contribution is 2.33. The molecule has 0 bridgehead atoms. The molecular weight excluding hydrogens is 540 g/mol. The Labute approximate surface area is 226 Å². The van der Waals surface area contributed by atoms with E-state index in [1.165, 1.54) is 19.2 Å². The van der Waals surface area contributed by atoms with Crippen molar-refractivity contribution < 1.29 is 22.8 Å². The zero-order valence-electron chi connectivity index (χ0n) is 20.1. The number of nitrogens with one attached hydrogen (secondary N) is 1. The normalized spacial score (nSPS) is 12.2. The number of halogens is 5. The van der Waals surface area contributed by atoms with Gasteiger partial charge in [0.15, 0.2) is 5.69 Å². The van der Waals surface area contributed by atoms with Crippen LogP contribution in [0.3, 0.4) is 0 Å². The maximum Gasteiger partial charge on any atom is 0.435 e. The molecule has 0 aliphatic carbocycles. The Morgan fingerprint density at radius 1 is 0.947 bits per heavy atom. The topological polar surface area (TPSA) is 67.2 Å². The van der Waals surface area contributed by atoms with E-state index >= 15 is 0 Å². The van der Waals surface area contributed by atoms with Crippen LogP contribution >= 0.6 is 23.2 Å². The minimum atomic E-state index is -4.71. The zero-order chi connectivity index (χ0) is 27.6. The number of benzene rings is 3. The minimum absolute atomic E-state index is 0.0750. The molecule has 0 radical (unpaired) electrons. The maximum atomic E-state index is 13.5. The first kappa shape index (κ1) is 27.2. The molecule has 4 aromatic rings. The number of amides is 2. The number of hydrogen-bond donors (Lipinski definition) is 1. The van der Waals surface area contributed by atoms with Gasteiger partial charge in [0.25, 0.3) is 5.91 Å². The average Bonchev–Trinajstić information content (AvgIpc) is 3.34. The number of carbonyl (C=O) groups is 2. The van der Waals surface area contributed by atoms with E-state index in [0.29, 0.717) is 26.9 Å². The third kappa shape index (κ3) is 6.00. The first-order chi connectivity index (χ1) is 17.9. The maximum absolute atomic E-state index is 13.5. The number of aromatic nitrogens is 2. The van der Waals surface area contributed by atoms with Crippen molar-refractivity contribution in [2.45, 2.75) is 19.0 Å². The number of anilines is 2. The van der Waals surface area contributed by atoms with Crippen molar-refractivity contribution >= 4 is 46.5 Å². The number of hydrogen-bond acceptors (Lipinski definition) is 3. The fourth-order valence-electron chi connectivity index (χ4n) is 3.79. The van der Waals surface area contributed by atoms with Crippen molar-refractivity contribution in [1.29, 1.82) is 0 Å². The van der Waals surface area contributed by atoms with Crippen molar-refractivity contribution in [3.05, 3.63) is 106 Å². The summed E-state index contributed by atoms with van der Waals surface area (Å²) in [4.78, 5) is 27.0. The van der Waals surface area contributed by atoms with Crippen molar-refractivity contribution in [1.82, 2.24) is 9.78 Å². The summed E-state index contributed by atoms with van der Waals surface area (Å²) in [5.74, 6) is -1.64. The molecule has 0 aliphatic rings. The molecule has 1 heterocycles. The van der Waals surface area contributed by atoms with E-state index in [4.69, 9.17) is 23.2 Å². The van der Waals surface area contributed by atoms with Gasteiger partial charge in [0, 0.05) is 34.4 Å². The molecule has 1 N–H and O–H groups in total. The summed E-state index contributed by atoms with van der Waals surface area (Å²) >= 11 is 12.0. The first-order valence-electron chi connectivity index (χ1n) is 11.3. The van der Waals surface area contributed by atoms with Gasteiger partial charge < -0.3 is 5.32 Å². The molecule has 1 atom stereocenters. The Morgan fingerprint density at radius 2 is 1.58 bits per heavy atom. The van der Waals surface area contributed by atoms with E-state index in [2.05, 4.69) is 10.4 Å². The molecule has 3 aromatic carbocycles. The average molecular weight is 561 g/mol. The second kappa shape index (κ2) is 10.9. The second-order valence-corrected chi connectivity index (χ2v) is 9.36. The molecule has 38 heavy (non-hydrogen) atoms. The van der Waals surface area contributed by atoms with Crippen LogP contribution in [0.15, 0.2) is 78.9 Å². The first-order valence-corrected chi connectivity index (χ1v) is 12.1. The van der Waals surface area contributed by atoms with Gasteiger partial charge in [-0.25, -0.2) is 4.68 Å². The van der Waals surface area contributed by atoms with E-state index in [-0.39, 0.29) is 17.4 Å². The Balaban J connectivity index is 1.56. The van der Waals surface area contributed by atoms with E-state index < -0.39 is 23.7 Å². The van der Waals surface area contributed by atoms with Crippen molar-refractivity contribution in [3.63, 3.8) is 0 Å². The molecular formula is C27H21Cl2F3N4O2. The van der Waals surface area contributed by atoms with Crippen LogP contribution < -0.4 is 10.2 Å². The van der Waals surface area contributed by atoms with Crippen molar-refractivity contribution in [2.75, 3.05) is 17.3 Å². The number of carbonyl (C=O) groups excluding carboxylic acids is 2. The summed E-state index contributed by atoms with van der Waals surface area (Å²) in [6, 6.07) is 20.0. The quantitative estimate of drug-likeness (QED) is 0.271. The third-order valence-corrected chi connectivity index (χ3v) is 6.30. The summed E-state index contributed by atoms with van der Waals surface area (Å²) in [6.45, 7) is 1.63. The molecule has 1 unspecified atom stereocenters. The lowest BCUT2D eigenvalue weighted by Gasteiger charge is -2.22. The number of likely N-dealkylation sites (N-methyl/N-ethyl adjacent to an activating group) is 1. The van der Waals surface area contributed by atoms with Gasteiger partial charge in [0.2, 0.25) is 5.91 Å². The van der Waals surface area contributed by atoms with Crippen LogP contribution in [0.5, 0.6) is 0 Å². The fraction of sp³-hybridized carbons (Fsp3) is 0.148. The van der Waals surface area contributed by atoms with Crippen LogP contribution in [0.1, 0.15) is 34.5 Å². The number of alkyl halides is 3. The Morgan fingerprint density at radius 3 is 2.18 bits per heavy atom. The lowest BCUT2D eigenvalue weighted by atomic mass is 9.98. The summed E-state index contributed by atoms with van der Waals surface area (Å²) in [7, 11) is 1.38. The molecule has 0 spiro atoms. The van der Waals surface area contributed by atoms with Gasteiger partial charge in [-0.2, -0.15) is 18.3 Å². The third-order valence-electron chi connectivity index (χ3n) is 5.83. The highest BCUT2D eigenvalue weighted by atomic mass is 35.5. The largest absolute Gasteiger partial charge is 0.435 e. The predicted molar refractivity (Wildman–Crippen MR) is 141 cm³/mol. The Hall–Kier alpha value is -3.82. The molecule has 11 heteroatoms. The lowest BCUT2D eigenvalue weighted by Crippen LogP contribution is -2.32. The molecule has 0 fully saturated rings. The van der Waals surface area contributed by atoms with Gasteiger partial charge in [-0.3, -0.25) is 14.5 Å². The summed E-state index contributed by atoms with van der Waals surface area (Å²) in [5.41, 5.74) is 0.591. The second-order valence-electron chi connectivity index (χ2n) is 8.48. The number of rotatable bonds is 6. The highest BCUT2D eigenvalue weighted by Gasteiger charge is 2.36. The SMILES string of the molecule is CC(C(=O)N(C)c1cc(C(F)(F)F)nn1-c1cccc(Cl)c1)c1ccc(C(=O)Nc2cccc(Cl)c2)cc1. The molecule has 6 nitrogen and oxygen atoms in total. The van der Waals surface area contributed by atoms with Crippen LogP contribution in [0.2, 0.25) is 10.0 Å². The summed E-state index contributed by atoms with van der Waals surface area (Å²) in [6.07, 6.45) is -4.71. The molecule has 0 saturated heterocycles. The molecule has 0 saturated carbocycles. The molecule has 1 aromatic heterocycles. The molecule has 4 rings (SSSR count). The van der Waals surface area contributed by atoms with Gasteiger partial charge in [-0.1, -0.05) is 47.5 Å². The minimum Gasteiger partial charge on any atom is -0.322 e. The van der Waals surface area contributed by atoms with Gasteiger partial charge in [0.05, 0.1) is 11.6 Å². The monoisotopic (exact) mass is 560 g/mol. The van der Waals surface area contributed by atoms with Gasteiger partial charge >= 0.3 is 6.18 Å². The van der Waals surface area contributed by atoms with Crippen molar-refractivity contribution in [2.24, 2.45) is 0 Å². The smallest absolute Gasteiger partial charge is 0.322 e. The van der Waals surface area contributed by atoms with E-state index in [1.54, 1.807) is 67.6 Å². The van der Waals surface area contributed by atoms with Crippen LogP contribution in [0, 0.1) is 0 Å². The molecule has 0 aliphatic heterocycles. The molecule has 2 amide bonds. The van der Waals surface area contributed by atoms with E-state index in [0.717, 1.165) is 15.6 Å². The van der Waals surface area contributed by atoms with Gasteiger partial charge in [-0.15, -0.1) is 0 Å². The summed E-state index contributed by atoms with van der Waals surface area (Å²) in [5, 5.41) is 7.21. The van der Waals surface area contributed by atoms with Crippen molar-refractivity contribution in [3.8, 4) is 5.69 Å². The highest BCUT2D eigenvalue weighted by molar-refractivity contribution is 6.31. The molecule has 196 valence electrons. The van der Waals surface area contributed by atoms with Gasteiger partial charge in [-0.05, 0) is 61.0 Å². The Bertz CT molecular complexity index is 1490. The number of nitrogens with zero attached hydrogens (tertiary/aromatic N) is 3. The van der Waals surface area contributed by atoms with Crippen LogP contribution in [0.25, 0.3) is 5.69 Å². The predicted octanol–water partition coefficient (Wildman–Crippen LogP) is 7.22. The standard InChI is InChI=1S/C27H21Cl2F3N4O2/c1-16(17-9-11-18(12-10-17)25(37)33-21-7-3-5-19(28)13-21)26(38)35(2)24-15-23(27(30,31)32)34-36(24)22-8-4-6-20(29)14-22/h3-16H,1-2H3,(H,33,37). The fourth-order valence-corrected chi connectivity index (χ4v) is 4.16. The van der Waals surface area contributed by atoms with E-state index in [1.807, 2.05) is 0 Å². The zero-order valence-corrected chi connectivity index (χ0v) is 21.6. The van der Waals surface area contributed by atoms with Crippen LogP contribution in [-0.4, -0.2) is 28.6 Å².